The summed E-state index contributed by atoms with van der Waals surface area (Å²) < 4.78 is 6.25. The van der Waals surface area contributed by atoms with E-state index in [-0.39, 0.29) is 17.4 Å². The number of fused-ring (bicyclic) bond motifs is 3. The lowest BCUT2D eigenvalue weighted by molar-refractivity contribution is -0.143. The number of aromatic amines is 1. The van der Waals surface area contributed by atoms with Gasteiger partial charge in [-0.1, -0.05) is 42.5 Å². The topological polar surface area (TPSA) is 100 Å². The normalized spacial score (nSPS) is 18.1. The number of hydrogen-bond donors (Lipinski definition) is 3. The summed E-state index contributed by atoms with van der Waals surface area (Å²) in [5.41, 5.74) is 9.12. The fourth-order valence-electron chi connectivity index (χ4n) is 5.17. The van der Waals surface area contributed by atoms with Gasteiger partial charge in [-0.2, -0.15) is 0 Å². The van der Waals surface area contributed by atoms with Gasteiger partial charge in [-0.25, -0.2) is 0 Å². The Balaban J connectivity index is 1.35. The van der Waals surface area contributed by atoms with Crippen molar-refractivity contribution in [3.8, 4) is 0 Å². The summed E-state index contributed by atoms with van der Waals surface area (Å²) in [5.74, 6) is -0.420. The number of carbonyl (C=O) groups is 2. The Bertz CT molecular complexity index is 1220. The van der Waals surface area contributed by atoms with Crippen LogP contribution in [0.5, 0.6) is 0 Å². The van der Waals surface area contributed by atoms with E-state index in [0.717, 1.165) is 29.3 Å². The number of aromatic nitrogens is 1. The molecular formula is C27H32N4O3. The Morgan fingerprint density at radius 3 is 2.62 bits per heavy atom. The van der Waals surface area contributed by atoms with Gasteiger partial charge in [0.25, 0.3) is 0 Å². The van der Waals surface area contributed by atoms with Crippen molar-refractivity contribution < 1.29 is 14.3 Å². The summed E-state index contributed by atoms with van der Waals surface area (Å²) in [6.07, 6.45) is 3.79. The number of benzene rings is 2. The van der Waals surface area contributed by atoms with E-state index in [1.807, 2.05) is 47.5 Å². The molecule has 0 unspecified atom stereocenters. The Labute approximate surface area is 199 Å². The molecule has 3 heterocycles. The first kappa shape index (κ1) is 22.6. The molecule has 1 fully saturated rings. The largest absolute Gasteiger partial charge is 0.365 e. The van der Waals surface area contributed by atoms with E-state index < -0.39 is 11.6 Å². The lowest BCUT2D eigenvalue weighted by atomic mass is 9.83. The van der Waals surface area contributed by atoms with Gasteiger partial charge in [0.1, 0.15) is 6.04 Å². The number of amides is 2. The maximum Gasteiger partial charge on any atom is 0.245 e. The maximum atomic E-state index is 13.7. The number of nitrogens with one attached hydrogen (secondary N) is 2. The van der Waals surface area contributed by atoms with Crippen LogP contribution < -0.4 is 11.1 Å². The molecule has 0 radical (unpaired) electrons. The molecule has 2 amide bonds. The van der Waals surface area contributed by atoms with Gasteiger partial charge in [0, 0.05) is 36.6 Å². The zero-order valence-corrected chi connectivity index (χ0v) is 19.8. The highest BCUT2D eigenvalue weighted by molar-refractivity contribution is 5.92. The average Bonchev–Trinajstić information content (AvgIpc) is 3.40. The molecule has 178 valence electrons. The number of likely N-dealkylation sites (tertiary alicyclic amines) is 1. The summed E-state index contributed by atoms with van der Waals surface area (Å²) in [6.45, 7) is 5.08. The second-order valence-electron chi connectivity index (χ2n) is 10.1. The van der Waals surface area contributed by atoms with Crippen LogP contribution >= 0.6 is 0 Å². The summed E-state index contributed by atoms with van der Waals surface area (Å²) >= 11 is 0. The van der Waals surface area contributed by atoms with Crippen LogP contribution in [-0.2, 0) is 33.0 Å². The minimum Gasteiger partial charge on any atom is -0.365 e. The highest BCUT2D eigenvalue weighted by Gasteiger charge is 2.44. The molecule has 0 saturated carbocycles. The number of para-hydroxylation sites is 1. The molecule has 1 atom stereocenters. The second kappa shape index (κ2) is 8.56. The fraction of sp³-hybridized carbons (Fsp3) is 0.407. The lowest BCUT2D eigenvalue weighted by Crippen LogP contribution is -2.58. The molecular weight excluding hydrogens is 428 g/mol. The van der Waals surface area contributed by atoms with Crippen molar-refractivity contribution in [2.45, 2.75) is 56.9 Å². The SMILES string of the molecule is CC(C)(N)C(=O)N[C@H](Cc1c[nH]c2ccccc12)C(=O)N1CCC2(CC1)OCc1ccccc12. The van der Waals surface area contributed by atoms with Crippen LogP contribution in [0.2, 0.25) is 0 Å². The van der Waals surface area contributed by atoms with Crippen molar-refractivity contribution in [1.29, 1.82) is 0 Å². The molecule has 2 aliphatic heterocycles. The number of ether oxygens (including phenoxy) is 1. The van der Waals surface area contributed by atoms with Crippen LogP contribution in [0.15, 0.2) is 54.7 Å². The fourth-order valence-corrected chi connectivity index (χ4v) is 5.17. The van der Waals surface area contributed by atoms with Crippen molar-refractivity contribution in [2.24, 2.45) is 5.73 Å². The van der Waals surface area contributed by atoms with Gasteiger partial charge < -0.3 is 25.7 Å². The third-order valence-corrected chi connectivity index (χ3v) is 7.18. The zero-order chi connectivity index (χ0) is 23.9. The lowest BCUT2D eigenvalue weighted by Gasteiger charge is -2.40. The van der Waals surface area contributed by atoms with E-state index in [1.54, 1.807) is 13.8 Å². The number of hydrogen-bond acceptors (Lipinski definition) is 4. The van der Waals surface area contributed by atoms with E-state index in [0.29, 0.717) is 26.1 Å². The van der Waals surface area contributed by atoms with Gasteiger partial charge in [0.05, 0.1) is 17.7 Å². The van der Waals surface area contributed by atoms with E-state index in [9.17, 15) is 9.59 Å². The molecule has 3 aromatic rings. The number of nitrogens with two attached hydrogens (primary N) is 1. The van der Waals surface area contributed by atoms with Gasteiger partial charge in [-0.05, 0) is 49.4 Å². The summed E-state index contributed by atoms with van der Waals surface area (Å²) in [6, 6.07) is 15.6. The van der Waals surface area contributed by atoms with E-state index >= 15 is 0 Å². The molecule has 7 nitrogen and oxygen atoms in total. The molecule has 0 bridgehead atoms. The predicted octanol–water partition coefficient (Wildman–Crippen LogP) is 2.98. The van der Waals surface area contributed by atoms with Gasteiger partial charge in [0.2, 0.25) is 11.8 Å². The van der Waals surface area contributed by atoms with Crippen LogP contribution in [0, 0.1) is 0 Å². The van der Waals surface area contributed by atoms with Crippen molar-refractivity contribution in [3.63, 3.8) is 0 Å². The molecule has 2 aliphatic rings. The van der Waals surface area contributed by atoms with E-state index in [2.05, 4.69) is 22.4 Å². The number of piperidine rings is 1. The van der Waals surface area contributed by atoms with Crippen molar-refractivity contribution in [1.82, 2.24) is 15.2 Å². The standard InChI is InChI=1S/C27H32N4O3/c1-26(2,28)25(33)30-23(15-19-16-29-22-10-6-4-8-20(19)22)24(32)31-13-11-27(12-14-31)21-9-5-3-7-18(21)17-34-27/h3-10,16,23,29H,11-15,17,28H2,1-2H3,(H,30,33)/t23-/m1/s1. The van der Waals surface area contributed by atoms with Crippen LogP contribution in [0.1, 0.15) is 43.4 Å². The number of rotatable bonds is 5. The number of carbonyl (C=O) groups excluding carboxylic acids is 2. The van der Waals surface area contributed by atoms with Crippen molar-refractivity contribution >= 4 is 22.7 Å². The van der Waals surface area contributed by atoms with Crippen LogP contribution in [0.3, 0.4) is 0 Å². The van der Waals surface area contributed by atoms with E-state index in [4.69, 9.17) is 10.5 Å². The minimum absolute atomic E-state index is 0.0796. The molecule has 4 N–H and O–H groups in total. The highest BCUT2D eigenvalue weighted by atomic mass is 16.5. The molecule has 2 aromatic carbocycles. The van der Waals surface area contributed by atoms with Crippen molar-refractivity contribution in [3.05, 3.63) is 71.4 Å². The summed E-state index contributed by atoms with van der Waals surface area (Å²) in [7, 11) is 0. The molecule has 5 rings (SSSR count). The van der Waals surface area contributed by atoms with E-state index in [1.165, 1.54) is 11.1 Å². The molecule has 34 heavy (non-hydrogen) atoms. The Morgan fingerprint density at radius 2 is 1.85 bits per heavy atom. The van der Waals surface area contributed by atoms with Gasteiger partial charge >= 0.3 is 0 Å². The molecule has 1 saturated heterocycles. The smallest absolute Gasteiger partial charge is 0.245 e. The highest BCUT2D eigenvalue weighted by Crippen LogP contribution is 2.44. The molecule has 7 heteroatoms. The Hall–Kier alpha value is -3.16. The Morgan fingerprint density at radius 1 is 1.15 bits per heavy atom. The van der Waals surface area contributed by atoms with Crippen LogP contribution in [0.25, 0.3) is 10.9 Å². The average molecular weight is 461 g/mol. The first-order chi connectivity index (χ1) is 16.3. The first-order valence-electron chi connectivity index (χ1n) is 11.9. The predicted molar refractivity (Wildman–Crippen MR) is 131 cm³/mol. The van der Waals surface area contributed by atoms with Gasteiger partial charge in [-0.15, -0.1) is 0 Å². The van der Waals surface area contributed by atoms with Crippen LogP contribution in [-0.4, -0.2) is 46.4 Å². The van der Waals surface area contributed by atoms with Gasteiger partial charge in [0.15, 0.2) is 0 Å². The third-order valence-electron chi connectivity index (χ3n) is 7.18. The van der Waals surface area contributed by atoms with Crippen molar-refractivity contribution in [2.75, 3.05) is 13.1 Å². The summed E-state index contributed by atoms with van der Waals surface area (Å²) in [5, 5.41) is 3.98. The third kappa shape index (κ3) is 4.10. The second-order valence-corrected chi connectivity index (χ2v) is 10.1. The maximum absolute atomic E-state index is 13.7. The molecule has 1 spiro atoms. The van der Waals surface area contributed by atoms with Gasteiger partial charge in [-0.3, -0.25) is 9.59 Å². The molecule has 1 aromatic heterocycles. The first-order valence-corrected chi connectivity index (χ1v) is 11.9. The molecule has 0 aliphatic carbocycles. The minimum atomic E-state index is -1.08. The summed E-state index contributed by atoms with van der Waals surface area (Å²) in [4.78, 5) is 31.6. The zero-order valence-electron chi connectivity index (χ0n) is 19.8. The quantitative estimate of drug-likeness (QED) is 0.545. The van der Waals surface area contributed by atoms with Crippen LogP contribution in [0.4, 0.5) is 0 Å². The Kier molecular flexibility index (Phi) is 5.70. The monoisotopic (exact) mass is 460 g/mol. The number of nitrogens with zero attached hydrogens (tertiary/aromatic N) is 1. The number of H-pyrrole nitrogens is 1.